The summed E-state index contributed by atoms with van der Waals surface area (Å²) in [4.78, 5) is 31.6. The third kappa shape index (κ3) is 1.02. The van der Waals surface area contributed by atoms with Crippen LogP contribution in [0.2, 0.25) is 0 Å². The molecule has 0 saturated carbocycles. The first-order chi connectivity index (χ1) is 5.77. The van der Waals surface area contributed by atoms with Gasteiger partial charge in [-0.15, -0.1) is 11.3 Å². The Morgan fingerprint density at radius 2 is 2.17 bits per heavy atom. The maximum Gasteiger partial charge on any atom is 0.291 e. The van der Waals surface area contributed by atoms with Gasteiger partial charge >= 0.3 is 0 Å². The second kappa shape index (κ2) is 2.49. The van der Waals surface area contributed by atoms with Crippen molar-refractivity contribution in [1.82, 2.24) is 15.0 Å². The van der Waals surface area contributed by atoms with Gasteiger partial charge in [0.2, 0.25) is 0 Å². The van der Waals surface area contributed by atoms with E-state index in [9.17, 15) is 9.59 Å². The van der Waals surface area contributed by atoms with E-state index in [0.717, 1.165) is 17.5 Å². The molecule has 0 unspecified atom stereocenters. The number of hydrogen-bond donors (Lipinski definition) is 1. The zero-order valence-corrected chi connectivity index (χ0v) is 6.59. The maximum atomic E-state index is 11.1. The molecule has 2 aromatic rings. The molecule has 0 aliphatic rings. The molecule has 0 radical (unpaired) electrons. The molecule has 2 heterocycles. The van der Waals surface area contributed by atoms with Crippen LogP contribution >= 0.6 is 11.3 Å². The lowest BCUT2D eigenvalue weighted by Crippen LogP contribution is -2.02. The average Bonchev–Trinajstić information content (AvgIpc) is 2.44. The molecule has 0 saturated heterocycles. The molecular formula is C6H3N3O2S. The van der Waals surface area contributed by atoms with Crippen molar-refractivity contribution in [3.05, 3.63) is 32.4 Å². The van der Waals surface area contributed by atoms with Crippen molar-refractivity contribution in [2.75, 3.05) is 0 Å². The second-order valence-electron chi connectivity index (χ2n) is 2.08. The van der Waals surface area contributed by atoms with Crippen LogP contribution in [0.1, 0.15) is 0 Å². The summed E-state index contributed by atoms with van der Waals surface area (Å²) in [6, 6.07) is 0. The number of thiazole rings is 1. The Hall–Kier alpha value is -1.56. The minimum absolute atomic E-state index is 0.299. The highest BCUT2D eigenvalue weighted by Gasteiger charge is 1.99. The van der Waals surface area contributed by atoms with Crippen molar-refractivity contribution in [3.8, 4) is 0 Å². The fourth-order valence-electron chi connectivity index (χ4n) is 0.812. The molecule has 0 spiro atoms. The Labute approximate surface area is 69.7 Å². The van der Waals surface area contributed by atoms with Crippen molar-refractivity contribution in [2.24, 2.45) is 0 Å². The topological polar surface area (TPSA) is 75.7 Å². The van der Waals surface area contributed by atoms with Gasteiger partial charge in [-0.05, 0) is 0 Å². The second-order valence-corrected chi connectivity index (χ2v) is 2.94. The van der Waals surface area contributed by atoms with E-state index < -0.39 is 11.1 Å². The van der Waals surface area contributed by atoms with Crippen LogP contribution in [-0.4, -0.2) is 15.0 Å². The molecule has 1 N–H and O–H groups in total. The van der Waals surface area contributed by atoms with Gasteiger partial charge in [0.05, 0.1) is 11.7 Å². The van der Waals surface area contributed by atoms with Gasteiger partial charge in [0.1, 0.15) is 4.70 Å². The Kier molecular flexibility index (Phi) is 1.47. The quantitative estimate of drug-likeness (QED) is 0.607. The first-order valence-corrected chi connectivity index (χ1v) is 3.98. The maximum absolute atomic E-state index is 11.1. The number of fused-ring (bicyclic) bond motifs is 1. The molecule has 2 rings (SSSR count). The summed E-state index contributed by atoms with van der Waals surface area (Å²) < 4.78 is 0.372. The fourth-order valence-corrected chi connectivity index (χ4v) is 1.44. The molecule has 0 bridgehead atoms. The Balaban J connectivity index is 3.15. The van der Waals surface area contributed by atoms with Crippen LogP contribution in [0.4, 0.5) is 0 Å². The molecule has 0 aromatic carbocycles. The zero-order valence-electron chi connectivity index (χ0n) is 5.77. The number of H-pyrrole nitrogens is 1. The molecule has 0 amide bonds. The Bertz CT molecular complexity index is 530. The summed E-state index contributed by atoms with van der Waals surface area (Å²) in [5.41, 5.74) is 0.940. The van der Waals surface area contributed by atoms with Gasteiger partial charge < -0.3 is 4.98 Å². The van der Waals surface area contributed by atoms with E-state index >= 15 is 0 Å². The minimum Gasteiger partial charge on any atom is -0.304 e. The van der Waals surface area contributed by atoms with E-state index in [1.807, 2.05) is 0 Å². The highest BCUT2D eigenvalue weighted by atomic mass is 32.1. The smallest absolute Gasteiger partial charge is 0.291 e. The first-order valence-electron chi connectivity index (χ1n) is 3.10. The number of aromatic amines is 1. The molecule has 12 heavy (non-hydrogen) atoms. The summed E-state index contributed by atoms with van der Waals surface area (Å²) >= 11 is 1.16. The zero-order chi connectivity index (χ0) is 8.55. The van der Waals surface area contributed by atoms with Gasteiger partial charge in [-0.3, -0.25) is 9.59 Å². The van der Waals surface area contributed by atoms with Crippen molar-refractivity contribution in [2.45, 2.75) is 0 Å². The minimum atomic E-state index is -0.425. The van der Waals surface area contributed by atoms with Crippen LogP contribution < -0.4 is 11.1 Å². The molecule has 2 aromatic heterocycles. The third-order valence-electron chi connectivity index (χ3n) is 1.30. The lowest BCUT2D eigenvalue weighted by molar-refractivity contribution is 1.21. The van der Waals surface area contributed by atoms with Crippen molar-refractivity contribution < 1.29 is 0 Å². The molecule has 60 valence electrons. The van der Waals surface area contributed by atoms with E-state index in [4.69, 9.17) is 0 Å². The molecule has 0 fully saturated rings. The highest BCUT2D eigenvalue weighted by Crippen LogP contribution is 2.06. The summed E-state index contributed by atoms with van der Waals surface area (Å²) in [7, 11) is 0. The molecule has 0 aliphatic carbocycles. The molecular weight excluding hydrogens is 178 g/mol. The van der Waals surface area contributed by atoms with E-state index in [1.165, 1.54) is 5.51 Å². The number of rotatable bonds is 0. The SMILES string of the molecule is O=c1cnc(=O)c2scnc2[nH]1. The monoisotopic (exact) mass is 181 g/mol. The van der Waals surface area contributed by atoms with Crippen LogP contribution in [0, 0.1) is 0 Å². The largest absolute Gasteiger partial charge is 0.304 e. The predicted octanol–water partition coefficient (Wildman–Crippen LogP) is -0.260. The standard InChI is InChI=1S/C6H3N3O2S/c10-3-1-7-6(11)4-5(9-3)8-2-12-4/h1-2H,(H,9,10). The van der Waals surface area contributed by atoms with Gasteiger partial charge in [-0.1, -0.05) is 0 Å². The Morgan fingerprint density at radius 3 is 3.00 bits per heavy atom. The van der Waals surface area contributed by atoms with Gasteiger partial charge in [0.15, 0.2) is 5.65 Å². The van der Waals surface area contributed by atoms with Crippen molar-refractivity contribution in [1.29, 1.82) is 0 Å². The van der Waals surface area contributed by atoms with Crippen molar-refractivity contribution in [3.63, 3.8) is 0 Å². The molecule has 6 heteroatoms. The van der Waals surface area contributed by atoms with Crippen LogP contribution in [0.25, 0.3) is 10.3 Å². The van der Waals surface area contributed by atoms with Crippen LogP contribution in [0.5, 0.6) is 0 Å². The molecule has 0 aliphatic heterocycles. The summed E-state index contributed by atoms with van der Waals surface area (Å²) in [6.07, 6.45) is 0.955. The highest BCUT2D eigenvalue weighted by molar-refractivity contribution is 7.16. The third-order valence-corrected chi connectivity index (χ3v) is 2.12. The summed E-state index contributed by atoms with van der Waals surface area (Å²) in [5, 5.41) is 0. The van der Waals surface area contributed by atoms with Crippen LogP contribution in [-0.2, 0) is 0 Å². The first kappa shape index (κ1) is 7.11. The van der Waals surface area contributed by atoms with E-state index in [2.05, 4.69) is 15.0 Å². The normalized spacial score (nSPS) is 10.3. The van der Waals surface area contributed by atoms with Gasteiger partial charge in [-0.25, -0.2) is 9.97 Å². The van der Waals surface area contributed by atoms with E-state index in [-0.39, 0.29) is 0 Å². The predicted molar refractivity (Wildman–Crippen MR) is 44.3 cm³/mol. The lowest BCUT2D eigenvalue weighted by Gasteiger charge is -1.72. The number of aromatic nitrogens is 3. The van der Waals surface area contributed by atoms with Crippen molar-refractivity contribution >= 4 is 21.7 Å². The van der Waals surface area contributed by atoms with Crippen LogP contribution in [0.15, 0.2) is 21.3 Å². The number of hydrogen-bond acceptors (Lipinski definition) is 5. The molecule has 5 nitrogen and oxygen atoms in total. The molecule has 0 atom stereocenters. The van der Waals surface area contributed by atoms with Crippen LogP contribution in [0.3, 0.4) is 0 Å². The number of nitrogens with one attached hydrogen (secondary N) is 1. The van der Waals surface area contributed by atoms with E-state index in [1.54, 1.807) is 0 Å². The van der Waals surface area contributed by atoms with E-state index in [0.29, 0.717) is 10.3 Å². The number of nitrogens with zero attached hydrogens (tertiary/aromatic N) is 2. The average molecular weight is 181 g/mol. The Morgan fingerprint density at radius 1 is 1.33 bits per heavy atom. The lowest BCUT2D eigenvalue weighted by atomic mass is 10.6. The fraction of sp³-hybridized carbons (Fsp3) is 0. The summed E-state index contributed by atoms with van der Waals surface area (Å²) in [6.45, 7) is 0. The summed E-state index contributed by atoms with van der Waals surface area (Å²) in [5.74, 6) is 0. The van der Waals surface area contributed by atoms with Gasteiger partial charge in [-0.2, -0.15) is 0 Å². The van der Waals surface area contributed by atoms with Gasteiger partial charge in [0, 0.05) is 0 Å². The van der Waals surface area contributed by atoms with Gasteiger partial charge in [0.25, 0.3) is 11.1 Å².